The molecule has 0 aromatic heterocycles. The number of amides is 14. The molecule has 5 aromatic carbocycles. The van der Waals surface area contributed by atoms with Gasteiger partial charge in [-0.25, -0.2) is 5.48 Å². The summed E-state index contributed by atoms with van der Waals surface area (Å²) in [4.78, 5) is 238. The minimum Gasteiger partial charge on any atom is -0.481 e. The number of carboxylic acid groups (broad SMARTS) is 3. The van der Waals surface area contributed by atoms with Crippen LogP contribution >= 0.6 is 35.3 Å². The van der Waals surface area contributed by atoms with Gasteiger partial charge in [-0.2, -0.15) is 35.3 Å². The van der Waals surface area contributed by atoms with Gasteiger partial charge >= 0.3 is 17.9 Å². The molecule has 2 aliphatic heterocycles. The zero-order valence-corrected chi connectivity index (χ0v) is 66.7. The highest BCUT2D eigenvalue weighted by Gasteiger charge is 2.45. The number of nitrogens with two attached hydrogens (primary N) is 2. The highest BCUT2D eigenvalue weighted by molar-refractivity contribution is 7.99. The first-order valence-corrected chi connectivity index (χ1v) is 40.8. The largest absolute Gasteiger partial charge is 0.481 e. The van der Waals surface area contributed by atoms with Gasteiger partial charge in [0.05, 0.1) is 44.8 Å². The van der Waals surface area contributed by atoms with Crippen molar-refractivity contribution in [1.82, 2.24) is 73.8 Å². The van der Waals surface area contributed by atoms with Gasteiger partial charge in [0, 0.05) is 53.4 Å². The molecule has 0 spiro atoms. The normalized spacial score (nSPS) is 17.5. The summed E-state index contributed by atoms with van der Waals surface area (Å²) in [7, 11) is 0. The molecule has 2 fully saturated rings. The van der Waals surface area contributed by atoms with E-state index in [9.17, 15) is 92.4 Å². The summed E-state index contributed by atoms with van der Waals surface area (Å²) in [5, 5.41) is 68.8. The SMILES string of the molecule is CCCSC[C@H](NC(=O)[C@H](C)N)C(=O)N[C@H](C)C(=O)N[C@@H](CC(N)=O)C(=O)N[C@@H](CCC(=O)O)C(=O)N[C@@H](Cc1cccc2ccccc12)C(=O)N[C@H]1C(=O)N[C@H](CSCc2ccc(C(=O)N3CNCN(C(=O)c4ccc(CSC)cc4)C3)cc2)C(=O)N[C@H](C(=O)N[C@@H](CC(=O)O)C(=O)N[C@@H](Cc2ccccc2)C(=O)NO)CC1C(=O)O. The average molecular weight is 1680 g/mol. The van der Waals surface area contributed by atoms with Gasteiger partial charge in [-0.05, 0) is 102 Å². The number of benzene rings is 5. The number of aliphatic carboxylic acids is 3. The van der Waals surface area contributed by atoms with Crippen molar-refractivity contribution in [3.63, 3.8) is 0 Å². The molecule has 14 amide bonds. The number of fused-ring (bicyclic) bond motifs is 1. The van der Waals surface area contributed by atoms with Crippen molar-refractivity contribution in [3.8, 4) is 0 Å². The number of carboxylic acids is 3. The number of thioether (sulfide) groups is 3. The molecular formula is C77H96N16O21S3. The van der Waals surface area contributed by atoms with Crippen LogP contribution in [0.1, 0.15) is 102 Å². The van der Waals surface area contributed by atoms with E-state index < -0.39 is 211 Å². The molecule has 1 unspecified atom stereocenters. The van der Waals surface area contributed by atoms with E-state index in [4.69, 9.17) is 11.5 Å². The summed E-state index contributed by atoms with van der Waals surface area (Å²) in [6.07, 6.45) is -3.06. The van der Waals surface area contributed by atoms with E-state index >= 15 is 9.59 Å². The predicted molar refractivity (Wildman–Crippen MR) is 429 cm³/mol. The Bertz CT molecular complexity index is 4430. The summed E-state index contributed by atoms with van der Waals surface area (Å²) in [6.45, 7) is 4.73. The fourth-order valence-electron chi connectivity index (χ4n) is 12.4. The van der Waals surface area contributed by atoms with Gasteiger partial charge in [0.2, 0.25) is 65.0 Å². The van der Waals surface area contributed by atoms with Crippen LogP contribution in [0.4, 0.5) is 0 Å². The van der Waals surface area contributed by atoms with E-state index in [0.717, 1.165) is 29.5 Å². The highest BCUT2D eigenvalue weighted by atomic mass is 32.2. The standard InChI is InChI=1S/C77H96N16O21S3/c1-5-28-116-36-58(88-64(99)41(2)78)71(106)81-42(3)65(100)83-56(32-60(79)94)68(103)82-52(26-27-61(95)96)66(101)85-54(30-49-16-11-15-46-14-9-10-17-50(46)49)70(105)90-63-51(77(112)113)31-55(67(102)87-57(33-62(97)98)69(104)84-53(73(108)91-114)29-43-12-7-6-8-13-43)86-72(107)59(89-74(63)109)37-117-35-45-20-24-48(25-21-45)76(111)93-39-80-38-92(40-93)75(110)47-22-18-44(19-23-47)34-115-4/h6-25,41-42,51-59,63,80,114H,5,26-40,78H2,1-4H3,(H2,79,94)(H,81,106)(H,82,103)(H,83,100)(H,84,104)(H,85,101)(H,86,107)(H,87,102)(H,88,99)(H,89,109)(H,90,105)(H,91,108)(H,95,96)(H,97,98)(H,112,113)/t41-,42+,51?,52-,53-,54-,55-,56-,57-,58-,59+,63+/m0/s1. The number of primary amides is 1. The van der Waals surface area contributed by atoms with E-state index in [1.165, 1.54) is 53.0 Å². The Hall–Kier alpha value is -11.7. The van der Waals surface area contributed by atoms with E-state index in [1.54, 1.807) is 109 Å². The lowest BCUT2D eigenvalue weighted by Crippen LogP contribution is -2.61. The molecule has 0 radical (unpaired) electrons. The maximum atomic E-state index is 15.5. The van der Waals surface area contributed by atoms with Crippen LogP contribution in [-0.2, 0) is 96.3 Å². The van der Waals surface area contributed by atoms with E-state index in [0.29, 0.717) is 38.8 Å². The second-order valence-electron chi connectivity index (χ2n) is 27.7. The van der Waals surface area contributed by atoms with Crippen LogP contribution in [0.2, 0.25) is 0 Å². The molecule has 0 saturated carbocycles. The molecule has 12 atom stereocenters. The third kappa shape index (κ3) is 28.3. The molecule has 20 N–H and O–H groups in total. The second kappa shape index (κ2) is 45.5. The van der Waals surface area contributed by atoms with Crippen molar-refractivity contribution in [2.24, 2.45) is 17.4 Å². The third-order valence-corrected chi connectivity index (χ3v) is 21.6. The first kappa shape index (κ1) is 92.5. The highest BCUT2D eigenvalue weighted by Crippen LogP contribution is 2.24. The molecule has 5 aromatic rings. The van der Waals surface area contributed by atoms with Gasteiger partial charge in [0.25, 0.3) is 17.7 Å². The lowest BCUT2D eigenvalue weighted by Gasteiger charge is -2.36. The maximum Gasteiger partial charge on any atom is 0.309 e. The molecular weight excluding hydrogens is 1580 g/mol. The number of carbonyl (C=O) groups excluding carboxylic acids is 14. The molecule has 0 aliphatic carbocycles. The molecule has 7 rings (SSSR count). The van der Waals surface area contributed by atoms with Crippen LogP contribution < -0.4 is 75.4 Å². The van der Waals surface area contributed by atoms with Crippen molar-refractivity contribution in [1.29, 1.82) is 0 Å². The van der Waals surface area contributed by atoms with Gasteiger partial charge in [0.1, 0.15) is 60.4 Å². The topological polar surface area (TPSA) is 574 Å². The maximum absolute atomic E-state index is 15.5. The number of carbonyl (C=O) groups is 17. The Morgan fingerprint density at radius 1 is 0.556 bits per heavy atom. The van der Waals surface area contributed by atoms with E-state index in [-0.39, 0.29) is 49.4 Å². The molecule has 2 aliphatic rings. The number of nitrogens with zero attached hydrogens (tertiary/aromatic N) is 2. The lowest BCUT2D eigenvalue weighted by atomic mass is 9.90. The fourth-order valence-corrected chi connectivity index (χ4v) is 14.8. The molecule has 0 bridgehead atoms. The number of hydroxylamine groups is 1. The van der Waals surface area contributed by atoms with Crippen molar-refractivity contribution >= 4 is 147 Å². The monoisotopic (exact) mass is 1680 g/mol. The number of rotatable bonds is 41. The van der Waals surface area contributed by atoms with Crippen LogP contribution in [0.3, 0.4) is 0 Å². The van der Waals surface area contributed by atoms with Crippen molar-refractivity contribution < 1.29 is 102 Å². The first-order valence-electron chi connectivity index (χ1n) is 37.1. The predicted octanol–water partition coefficient (Wildman–Crippen LogP) is -1.34. The van der Waals surface area contributed by atoms with E-state index in [2.05, 4.69) is 58.5 Å². The van der Waals surface area contributed by atoms with Crippen LogP contribution in [-0.4, -0.2) is 241 Å². The summed E-state index contributed by atoms with van der Waals surface area (Å²) >= 11 is 3.96. The van der Waals surface area contributed by atoms with Crippen LogP contribution in [0.5, 0.6) is 0 Å². The first-order chi connectivity index (χ1) is 55.8. The Morgan fingerprint density at radius 3 is 1.69 bits per heavy atom. The Morgan fingerprint density at radius 2 is 1.11 bits per heavy atom. The third-order valence-electron chi connectivity index (χ3n) is 18.6. The Balaban J connectivity index is 1.19. The van der Waals surface area contributed by atoms with Gasteiger partial charge in [-0.15, -0.1) is 0 Å². The van der Waals surface area contributed by atoms with Gasteiger partial charge in [-0.3, -0.25) is 92.0 Å². The minimum atomic E-state index is -2.36. The van der Waals surface area contributed by atoms with Crippen molar-refractivity contribution in [2.75, 3.05) is 43.5 Å². The zero-order valence-electron chi connectivity index (χ0n) is 64.3. The molecule has 2 heterocycles. The quantitative estimate of drug-likeness (QED) is 0.0122. The summed E-state index contributed by atoms with van der Waals surface area (Å²) in [5.74, 6) is -21.3. The molecule has 628 valence electrons. The smallest absolute Gasteiger partial charge is 0.309 e. The summed E-state index contributed by atoms with van der Waals surface area (Å²) < 4.78 is 0. The van der Waals surface area contributed by atoms with Gasteiger partial charge < -0.3 is 89.8 Å². The molecule has 2 saturated heterocycles. The fraction of sp³-hybridized carbons (Fsp3) is 0.416. The minimum absolute atomic E-state index is 0.0370. The number of hydrogen-bond donors (Lipinski definition) is 18. The molecule has 37 nitrogen and oxygen atoms in total. The Kier molecular flexibility index (Phi) is 36.0. The van der Waals surface area contributed by atoms with Crippen molar-refractivity contribution in [2.45, 2.75) is 150 Å². The van der Waals surface area contributed by atoms with Crippen LogP contribution in [0.15, 0.2) is 121 Å². The second-order valence-corrected chi connectivity index (χ2v) is 30.7. The molecule has 117 heavy (non-hydrogen) atoms. The molecule has 40 heteroatoms. The van der Waals surface area contributed by atoms with Gasteiger partial charge in [0.15, 0.2) is 0 Å². The van der Waals surface area contributed by atoms with Crippen LogP contribution in [0.25, 0.3) is 10.8 Å². The Labute approximate surface area is 684 Å². The summed E-state index contributed by atoms with van der Waals surface area (Å²) in [6, 6.07) is 13.4. The number of nitrogens with one attached hydrogen (secondary N) is 12. The van der Waals surface area contributed by atoms with E-state index in [1.807, 2.05) is 25.3 Å². The number of hydrogen-bond acceptors (Lipinski definition) is 23. The van der Waals surface area contributed by atoms with Crippen molar-refractivity contribution in [3.05, 3.63) is 155 Å². The average Bonchev–Trinajstić information content (AvgIpc) is 1.62. The zero-order chi connectivity index (χ0) is 85.6. The van der Waals surface area contributed by atoms with Gasteiger partial charge in [-0.1, -0.05) is 104 Å². The van der Waals surface area contributed by atoms with Crippen LogP contribution in [0, 0.1) is 5.92 Å². The lowest BCUT2D eigenvalue weighted by molar-refractivity contribution is -0.147. The summed E-state index contributed by atoms with van der Waals surface area (Å²) in [5.41, 5.74) is 15.7.